The fraction of sp³-hybridized carbons (Fsp3) is 0.235. The van der Waals surface area contributed by atoms with Crippen molar-refractivity contribution in [2.24, 2.45) is 0 Å². The van der Waals surface area contributed by atoms with E-state index >= 15 is 0 Å². The molecule has 0 radical (unpaired) electrons. The molecule has 2 aromatic carbocycles. The van der Waals surface area contributed by atoms with Crippen molar-refractivity contribution in [1.29, 1.82) is 0 Å². The van der Waals surface area contributed by atoms with Crippen molar-refractivity contribution in [2.45, 2.75) is 11.4 Å². The van der Waals surface area contributed by atoms with E-state index in [1.165, 1.54) is 11.8 Å². The molecule has 0 saturated carbocycles. The Bertz CT molecular complexity index is 658. The van der Waals surface area contributed by atoms with Crippen molar-refractivity contribution in [3.63, 3.8) is 0 Å². The largest absolute Gasteiger partial charge is 0.508 e. The van der Waals surface area contributed by atoms with Crippen molar-refractivity contribution in [2.75, 3.05) is 20.0 Å². The average molecular weight is 333 g/mol. The third-order valence-electron chi connectivity index (χ3n) is 3.14. The van der Waals surface area contributed by atoms with Crippen LogP contribution in [0, 0.1) is 0 Å². The van der Waals surface area contributed by atoms with Gasteiger partial charge in [-0.15, -0.1) is 11.8 Å². The van der Waals surface area contributed by atoms with Crippen LogP contribution in [0.5, 0.6) is 17.2 Å². The number of ether oxygens (including phenoxy) is 2. The number of phenols is 1. The topological polar surface area (TPSA) is 67.8 Å². The fourth-order valence-electron chi connectivity index (χ4n) is 1.93. The van der Waals surface area contributed by atoms with Crippen molar-refractivity contribution in [3.05, 3.63) is 48.0 Å². The van der Waals surface area contributed by atoms with E-state index in [1.807, 2.05) is 18.2 Å². The third kappa shape index (κ3) is 5.10. The minimum atomic E-state index is -0.0575. The number of hydrogen-bond acceptors (Lipinski definition) is 5. The van der Waals surface area contributed by atoms with Gasteiger partial charge in [0.25, 0.3) is 0 Å². The Balaban J connectivity index is 1.83. The summed E-state index contributed by atoms with van der Waals surface area (Å²) in [5.41, 5.74) is 0.936. The molecule has 2 aromatic rings. The van der Waals surface area contributed by atoms with Gasteiger partial charge in [0.2, 0.25) is 5.91 Å². The Morgan fingerprint density at radius 3 is 2.43 bits per heavy atom. The van der Waals surface area contributed by atoms with Crippen LogP contribution in [0.15, 0.2) is 47.4 Å². The summed E-state index contributed by atoms with van der Waals surface area (Å²) >= 11 is 1.42. The van der Waals surface area contributed by atoms with E-state index in [2.05, 4.69) is 5.32 Å². The molecule has 0 aliphatic heterocycles. The van der Waals surface area contributed by atoms with Crippen LogP contribution >= 0.6 is 11.8 Å². The van der Waals surface area contributed by atoms with Gasteiger partial charge in [-0.05, 0) is 42.0 Å². The quantitative estimate of drug-likeness (QED) is 0.763. The molecule has 0 aliphatic rings. The zero-order valence-corrected chi connectivity index (χ0v) is 13.9. The Morgan fingerprint density at radius 2 is 1.78 bits per heavy atom. The zero-order chi connectivity index (χ0) is 16.7. The molecular formula is C17H19NO4S. The summed E-state index contributed by atoms with van der Waals surface area (Å²) in [4.78, 5) is 12.8. The first-order valence-electron chi connectivity index (χ1n) is 7.02. The summed E-state index contributed by atoms with van der Waals surface area (Å²) in [6.07, 6.45) is 0. The first-order chi connectivity index (χ1) is 11.1. The summed E-state index contributed by atoms with van der Waals surface area (Å²) < 4.78 is 10.4. The van der Waals surface area contributed by atoms with E-state index in [0.717, 1.165) is 10.5 Å². The molecule has 0 heterocycles. The highest BCUT2D eigenvalue weighted by molar-refractivity contribution is 8.00. The van der Waals surface area contributed by atoms with Crippen LogP contribution in [0.3, 0.4) is 0 Å². The highest BCUT2D eigenvalue weighted by atomic mass is 32.2. The van der Waals surface area contributed by atoms with Crippen LogP contribution in [-0.2, 0) is 11.3 Å². The van der Waals surface area contributed by atoms with Crippen molar-refractivity contribution in [3.8, 4) is 17.2 Å². The number of benzene rings is 2. The monoisotopic (exact) mass is 333 g/mol. The maximum atomic E-state index is 11.9. The van der Waals surface area contributed by atoms with Crippen LogP contribution < -0.4 is 14.8 Å². The van der Waals surface area contributed by atoms with Gasteiger partial charge in [0.15, 0.2) is 11.5 Å². The maximum absolute atomic E-state index is 11.9. The molecule has 5 nitrogen and oxygen atoms in total. The van der Waals surface area contributed by atoms with Gasteiger partial charge in [-0.3, -0.25) is 4.79 Å². The summed E-state index contributed by atoms with van der Waals surface area (Å²) in [6, 6.07) is 12.3. The molecule has 23 heavy (non-hydrogen) atoms. The summed E-state index contributed by atoms with van der Waals surface area (Å²) in [6.45, 7) is 0.426. The smallest absolute Gasteiger partial charge is 0.230 e. The van der Waals surface area contributed by atoms with Crippen LogP contribution in [-0.4, -0.2) is 31.0 Å². The van der Waals surface area contributed by atoms with Gasteiger partial charge in [0, 0.05) is 11.4 Å². The molecule has 0 aliphatic carbocycles. The van der Waals surface area contributed by atoms with Gasteiger partial charge in [0.1, 0.15) is 5.75 Å². The molecule has 0 atom stereocenters. The zero-order valence-electron chi connectivity index (χ0n) is 13.0. The molecule has 6 heteroatoms. The number of aromatic hydroxyl groups is 1. The van der Waals surface area contributed by atoms with E-state index in [9.17, 15) is 9.90 Å². The van der Waals surface area contributed by atoms with Gasteiger partial charge >= 0.3 is 0 Å². The molecule has 0 bridgehead atoms. The molecule has 122 valence electrons. The lowest BCUT2D eigenvalue weighted by Crippen LogP contribution is -2.24. The standard InChI is InChI=1S/C17H19NO4S/c1-21-15-8-3-12(9-16(15)22-2)10-18-17(20)11-23-14-6-4-13(19)5-7-14/h3-9,19H,10-11H2,1-2H3,(H,18,20). The summed E-state index contributed by atoms with van der Waals surface area (Å²) in [5, 5.41) is 12.1. The first kappa shape index (κ1) is 17.0. The SMILES string of the molecule is COc1ccc(CNC(=O)CSc2ccc(O)cc2)cc1OC. The third-order valence-corrected chi connectivity index (χ3v) is 4.16. The minimum Gasteiger partial charge on any atom is -0.508 e. The molecule has 2 rings (SSSR count). The molecule has 2 N–H and O–H groups in total. The normalized spacial score (nSPS) is 10.2. The molecule has 0 unspecified atom stereocenters. The maximum Gasteiger partial charge on any atom is 0.230 e. The van der Waals surface area contributed by atoms with E-state index in [1.54, 1.807) is 38.5 Å². The molecule has 0 saturated heterocycles. The second-order valence-corrected chi connectivity index (χ2v) is 5.80. The highest BCUT2D eigenvalue weighted by Crippen LogP contribution is 2.27. The van der Waals surface area contributed by atoms with Gasteiger partial charge in [0.05, 0.1) is 20.0 Å². The Morgan fingerprint density at radius 1 is 1.09 bits per heavy atom. The summed E-state index contributed by atoms with van der Waals surface area (Å²) in [7, 11) is 3.16. The number of carbonyl (C=O) groups is 1. The van der Waals surface area contributed by atoms with Crippen molar-refractivity contribution in [1.82, 2.24) is 5.32 Å². The van der Waals surface area contributed by atoms with Crippen LogP contribution in [0.2, 0.25) is 0 Å². The van der Waals surface area contributed by atoms with E-state index < -0.39 is 0 Å². The van der Waals surface area contributed by atoms with E-state index in [4.69, 9.17) is 9.47 Å². The lowest BCUT2D eigenvalue weighted by atomic mass is 10.2. The van der Waals surface area contributed by atoms with Gasteiger partial charge < -0.3 is 19.9 Å². The summed E-state index contributed by atoms with van der Waals surface area (Å²) in [5.74, 6) is 1.77. The number of methoxy groups -OCH3 is 2. The molecule has 0 fully saturated rings. The fourth-order valence-corrected chi connectivity index (χ4v) is 2.66. The number of hydrogen-bond donors (Lipinski definition) is 2. The Labute approximate surface area is 139 Å². The molecule has 0 spiro atoms. The molecule has 1 amide bonds. The number of rotatable bonds is 7. The van der Waals surface area contributed by atoms with Gasteiger partial charge in [-0.2, -0.15) is 0 Å². The second kappa shape index (κ2) is 8.33. The average Bonchev–Trinajstić information content (AvgIpc) is 2.59. The number of carbonyl (C=O) groups excluding carboxylic acids is 1. The molecule has 0 aromatic heterocycles. The Hall–Kier alpha value is -2.34. The van der Waals surface area contributed by atoms with Gasteiger partial charge in [-0.1, -0.05) is 6.07 Å². The number of amides is 1. The van der Waals surface area contributed by atoms with Gasteiger partial charge in [-0.25, -0.2) is 0 Å². The minimum absolute atomic E-state index is 0.0575. The van der Waals surface area contributed by atoms with Crippen LogP contribution in [0.1, 0.15) is 5.56 Å². The van der Waals surface area contributed by atoms with Crippen molar-refractivity contribution >= 4 is 17.7 Å². The Kier molecular flexibility index (Phi) is 6.17. The predicted octanol–water partition coefficient (Wildman–Crippen LogP) is 2.82. The number of thioether (sulfide) groups is 1. The first-order valence-corrected chi connectivity index (χ1v) is 8.00. The lowest BCUT2D eigenvalue weighted by Gasteiger charge is -2.10. The van der Waals surface area contributed by atoms with Crippen molar-refractivity contribution < 1.29 is 19.4 Å². The number of phenolic OH excluding ortho intramolecular Hbond substituents is 1. The van der Waals surface area contributed by atoms with E-state index in [-0.39, 0.29) is 11.7 Å². The van der Waals surface area contributed by atoms with E-state index in [0.29, 0.717) is 23.8 Å². The predicted molar refractivity (Wildman–Crippen MR) is 90.2 cm³/mol. The van der Waals surface area contributed by atoms with Crippen LogP contribution in [0.4, 0.5) is 0 Å². The lowest BCUT2D eigenvalue weighted by molar-refractivity contribution is -0.118. The molecular weight excluding hydrogens is 314 g/mol. The second-order valence-electron chi connectivity index (χ2n) is 4.75. The van der Waals surface area contributed by atoms with Crippen LogP contribution in [0.25, 0.3) is 0 Å². The number of nitrogens with one attached hydrogen (secondary N) is 1. The highest BCUT2D eigenvalue weighted by Gasteiger charge is 2.07.